The fraction of sp³-hybridized carbons (Fsp3) is 0.320. The van der Waals surface area contributed by atoms with Gasteiger partial charge in [0.05, 0.1) is 47.6 Å². The molecule has 174 valence electrons. The van der Waals surface area contributed by atoms with Crippen LogP contribution in [0.4, 0.5) is 5.82 Å². The van der Waals surface area contributed by atoms with E-state index in [-0.39, 0.29) is 17.7 Å². The molecule has 0 saturated carbocycles. The Hall–Kier alpha value is -3.85. The summed E-state index contributed by atoms with van der Waals surface area (Å²) in [5.41, 5.74) is 2.87. The van der Waals surface area contributed by atoms with E-state index in [0.29, 0.717) is 65.4 Å². The van der Waals surface area contributed by atoms with Crippen LogP contribution in [0.1, 0.15) is 49.6 Å². The molecule has 1 aromatic heterocycles. The maximum absolute atomic E-state index is 13.2. The molecule has 0 radical (unpaired) electrons. The number of fused-ring (bicyclic) bond motifs is 2. The van der Waals surface area contributed by atoms with Crippen LogP contribution in [0, 0.1) is 0 Å². The number of carbonyl (C=O) groups excluding carboxylic acids is 3. The average molecular weight is 460 g/mol. The first-order valence-corrected chi connectivity index (χ1v) is 11.2. The van der Waals surface area contributed by atoms with Gasteiger partial charge >= 0.3 is 0 Å². The number of hydrogen-bond donors (Lipinski definition) is 0. The summed E-state index contributed by atoms with van der Waals surface area (Å²) in [7, 11) is 3.35. The molecule has 0 aliphatic carbocycles. The van der Waals surface area contributed by atoms with E-state index in [1.807, 2.05) is 0 Å². The third kappa shape index (κ3) is 3.58. The van der Waals surface area contributed by atoms with Crippen LogP contribution >= 0.6 is 0 Å². The first-order valence-electron chi connectivity index (χ1n) is 11.2. The zero-order valence-electron chi connectivity index (χ0n) is 19.3. The molecule has 1 fully saturated rings. The molecule has 2 aromatic carbocycles. The minimum absolute atomic E-state index is 0.197. The summed E-state index contributed by atoms with van der Waals surface area (Å²) >= 11 is 0. The number of anilines is 1. The molecule has 0 N–H and O–H groups in total. The van der Waals surface area contributed by atoms with E-state index in [4.69, 9.17) is 9.72 Å². The van der Waals surface area contributed by atoms with E-state index in [1.165, 1.54) is 9.80 Å². The van der Waals surface area contributed by atoms with Crippen LogP contribution in [0.5, 0.6) is 0 Å². The summed E-state index contributed by atoms with van der Waals surface area (Å²) in [5, 5.41) is 0. The zero-order valence-corrected chi connectivity index (χ0v) is 19.3. The van der Waals surface area contributed by atoms with Gasteiger partial charge in [0.25, 0.3) is 17.7 Å². The Labute approximate surface area is 196 Å². The number of amides is 3. The minimum atomic E-state index is -0.654. The molecule has 2 aliphatic heterocycles. The van der Waals surface area contributed by atoms with Crippen molar-refractivity contribution in [3.63, 3.8) is 0 Å². The molecule has 1 unspecified atom stereocenters. The molecule has 9 nitrogen and oxygen atoms in total. The van der Waals surface area contributed by atoms with Crippen molar-refractivity contribution in [1.82, 2.24) is 19.8 Å². The Bertz CT molecular complexity index is 1280. The van der Waals surface area contributed by atoms with Crippen LogP contribution in [0.3, 0.4) is 0 Å². The van der Waals surface area contributed by atoms with Gasteiger partial charge in [0.15, 0.2) is 0 Å². The first kappa shape index (κ1) is 22.0. The summed E-state index contributed by atoms with van der Waals surface area (Å²) in [6.45, 7) is 4.38. The average Bonchev–Trinajstić information content (AvgIpc) is 3.12. The fourth-order valence-corrected chi connectivity index (χ4v) is 4.48. The van der Waals surface area contributed by atoms with Crippen LogP contribution in [0.25, 0.3) is 11.0 Å². The molecule has 9 heteroatoms. The number of rotatable bonds is 4. The monoisotopic (exact) mass is 459 g/mol. The summed E-state index contributed by atoms with van der Waals surface area (Å²) < 4.78 is 5.44. The molecular formula is C25H25N5O4. The fourth-order valence-electron chi connectivity index (χ4n) is 4.48. The maximum Gasteiger partial charge on any atom is 0.262 e. The highest BCUT2D eigenvalue weighted by Crippen LogP contribution is 2.35. The van der Waals surface area contributed by atoms with Crippen LogP contribution < -0.4 is 4.90 Å². The number of carbonyl (C=O) groups is 3. The van der Waals surface area contributed by atoms with Crippen LogP contribution in [-0.4, -0.2) is 77.9 Å². The molecule has 0 bridgehead atoms. The number of hydrogen-bond acceptors (Lipinski definition) is 7. The van der Waals surface area contributed by atoms with Crippen LogP contribution in [0.15, 0.2) is 42.6 Å². The molecule has 5 rings (SSSR count). The minimum Gasteiger partial charge on any atom is -0.378 e. The van der Waals surface area contributed by atoms with Gasteiger partial charge in [-0.15, -0.1) is 0 Å². The van der Waals surface area contributed by atoms with Gasteiger partial charge in [-0.2, -0.15) is 0 Å². The van der Waals surface area contributed by atoms with Crippen LogP contribution in [0.2, 0.25) is 0 Å². The van der Waals surface area contributed by atoms with Gasteiger partial charge in [-0.3, -0.25) is 24.3 Å². The van der Waals surface area contributed by atoms with Gasteiger partial charge in [-0.05, 0) is 31.2 Å². The number of morpholine rings is 1. The van der Waals surface area contributed by atoms with Crippen molar-refractivity contribution >= 4 is 34.6 Å². The van der Waals surface area contributed by atoms with Crippen molar-refractivity contribution in [2.45, 2.75) is 13.0 Å². The van der Waals surface area contributed by atoms with Crippen molar-refractivity contribution in [2.24, 2.45) is 0 Å². The summed E-state index contributed by atoms with van der Waals surface area (Å²) in [5.74, 6) is -0.221. The third-order valence-corrected chi connectivity index (χ3v) is 6.32. The number of benzene rings is 2. The number of ether oxygens (including phenoxy) is 1. The number of aromatic nitrogens is 2. The quantitative estimate of drug-likeness (QED) is 0.553. The van der Waals surface area contributed by atoms with E-state index in [0.717, 1.165) is 0 Å². The van der Waals surface area contributed by atoms with Crippen molar-refractivity contribution in [1.29, 1.82) is 0 Å². The molecule has 3 amide bonds. The lowest BCUT2D eigenvalue weighted by atomic mass is 10.0. The Morgan fingerprint density at radius 3 is 2.32 bits per heavy atom. The zero-order chi connectivity index (χ0) is 24.0. The van der Waals surface area contributed by atoms with E-state index in [9.17, 15) is 14.4 Å². The summed E-state index contributed by atoms with van der Waals surface area (Å²) in [6, 6.07) is 9.56. The normalized spacial score (nSPS) is 16.7. The van der Waals surface area contributed by atoms with Gasteiger partial charge in [-0.25, -0.2) is 4.98 Å². The molecule has 34 heavy (non-hydrogen) atoms. The second-order valence-corrected chi connectivity index (χ2v) is 8.66. The van der Waals surface area contributed by atoms with E-state index >= 15 is 0 Å². The molecule has 3 aromatic rings. The van der Waals surface area contributed by atoms with Gasteiger partial charge < -0.3 is 14.5 Å². The second-order valence-electron chi connectivity index (χ2n) is 8.66. The lowest BCUT2D eigenvalue weighted by Crippen LogP contribution is -2.37. The highest BCUT2D eigenvalue weighted by atomic mass is 16.5. The van der Waals surface area contributed by atoms with E-state index in [1.54, 1.807) is 63.6 Å². The maximum atomic E-state index is 13.2. The van der Waals surface area contributed by atoms with E-state index < -0.39 is 6.04 Å². The predicted octanol–water partition coefficient (Wildman–Crippen LogP) is 2.53. The number of nitrogens with zero attached hydrogens (tertiary/aromatic N) is 5. The molecule has 1 atom stereocenters. The van der Waals surface area contributed by atoms with Crippen molar-refractivity contribution in [3.05, 3.63) is 64.8 Å². The predicted molar refractivity (Wildman–Crippen MR) is 126 cm³/mol. The Morgan fingerprint density at radius 1 is 1.06 bits per heavy atom. The standard InChI is InChI=1S/C25H25N5O4/c1-15(30-24(32)17-6-4-5-7-18(17)25(30)33)19-12-16(23(31)28(2)3)13-20-22(19)27-21(14-26-20)29-8-10-34-11-9-29/h4-7,12-15H,8-11H2,1-3H3. The smallest absolute Gasteiger partial charge is 0.262 e. The third-order valence-electron chi connectivity index (χ3n) is 6.32. The van der Waals surface area contributed by atoms with Crippen molar-refractivity contribution in [2.75, 3.05) is 45.3 Å². The van der Waals surface area contributed by atoms with Gasteiger partial charge in [0, 0.05) is 38.3 Å². The van der Waals surface area contributed by atoms with Gasteiger partial charge in [0.1, 0.15) is 5.82 Å². The largest absolute Gasteiger partial charge is 0.378 e. The molecule has 1 saturated heterocycles. The molecule has 3 heterocycles. The molecule has 2 aliphatic rings. The van der Waals surface area contributed by atoms with Gasteiger partial charge in [-0.1, -0.05) is 12.1 Å². The summed E-state index contributed by atoms with van der Waals surface area (Å²) in [6.07, 6.45) is 1.69. The lowest BCUT2D eigenvalue weighted by molar-refractivity contribution is 0.0596. The van der Waals surface area contributed by atoms with Crippen molar-refractivity contribution in [3.8, 4) is 0 Å². The Balaban J connectivity index is 1.64. The van der Waals surface area contributed by atoms with E-state index in [2.05, 4.69) is 9.88 Å². The Morgan fingerprint density at radius 2 is 1.71 bits per heavy atom. The Kier molecular flexibility index (Phi) is 5.49. The second kappa shape index (κ2) is 8.49. The number of imide groups is 1. The van der Waals surface area contributed by atoms with Gasteiger partial charge in [0.2, 0.25) is 0 Å². The van der Waals surface area contributed by atoms with Crippen molar-refractivity contribution < 1.29 is 19.1 Å². The molecular weight excluding hydrogens is 434 g/mol. The SMILES string of the molecule is CC(c1cc(C(=O)N(C)C)cc2ncc(N3CCOCC3)nc12)N1C(=O)c2ccccc2C1=O. The highest BCUT2D eigenvalue weighted by molar-refractivity contribution is 6.21. The topological polar surface area (TPSA) is 95.9 Å². The highest BCUT2D eigenvalue weighted by Gasteiger charge is 2.39. The lowest BCUT2D eigenvalue weighted by Gasteiger charge is -2.28. The molecule has 0 spiro atoms. The first-order chi connectivity index (χ1) is 16.4. The van der Waals surface area contributed by atoms with Crippen LogP contribution in [-0.2, 0) is 4.74 Å². The summed E-state index contributed by atoms with van der Waals surface area (Å²) in [4.78, 5) is 53.4.